The zero-order valence-electron chi connectivity index (χ0n) is 14.1. The molecule has 0 spiro atoms. The molecule has 0 amide bonds. The topological polar surface area (TPSA) is 87.1 Å². The number of aldehydes is 1. The molecule has 3 N–H and O–H groups in total. The van der Waals surface area contributed by atoms with Crippen LogP contribution in [0.1, 0.15) is 10.5 Å². The lowest BCUT2D eigenvalue weighted by Gasteiger charge is -2.06. The van der Waals surface area contributed by atoms with Gasteiger partial charge in [-0.3, -0.25) is 4.79 Å². The van der Waals surface area contributed by atoms with E-state index >= 15 is 0 Å². The van der Waals surface area contributed by atoms with Crippen LogP contribution in [0.15, 0.2) is 48.8 Å². The summed E-state index contributed by atoms with van der Waals surface area (Å²) in [6, 6.07) is 9.35. The number of anilines is 3. The normalized spacial score (nSPS) is 9.78. The highest BCUT2D eigenvalue weighted by atomic mass is 19.1. The van der Waals surface area contributed by atoms with Crippen molar-refractivity contribution in [2.24, 2.45) is 0 Å². The summed E-state index contributed by atoms with van der Waals surface area (Å²) in [6.45, 7) is 0. The van der Waals surface area contributed by atoms with Crippen molar-refractivity contribution in [1.29, 1.82) is 0 Å². The molecule has 0 fully saturated rings. The van der Waals surface area contributed by atoms with Crippen LogP contribution < -0.4 is 10.6 Å². The van der Waals surface area contributed by atoms with E-state index in [1.807, 2.05) is 0 Å². The number of phenols is 1. The fourth-order valence-corrected chi connectivity index (χ4v) is 1.91. The molecule has 0 aliphatic carbocycles. The average molecular weight is 376 g/mol. The number of rotatable bonds is 4. The Balaban J connectivity index is 0.000000244. The second-order valence-corrected chi connectivity index (χ2v) is 5.12. The lowest BCUT2D eigenvalue weighted by Crippen LogP contribution is -1.98. The minimum atomic E-state index is -1.10. The lowest BCUT2D eigenvalue weighted by molar-refractivity contribution is 0.111. The second kappa shape index (κ2) is 9.18. The zero-order valence-corrected chi connectivity index (χ0v) is 14.1. The molecule has 6 nitrogen and oxygen atoms in total. The second-order valence-electron chi connectivity index (χ2n) is 5.12. The Labute approximate surface area is 152 Å². The van der Waals surface area contributed by atoms with Gasteiger partial charge in [0, 0.05) is 36.6 Å². The Morgan fingerprint density at radius 3 is 2.15 bits per heavy atom. The van der Waals surface area contributed by atoms with E-state index in [0.29, 0.717) is 6.29 Å². The van der Waals surface area contributed by atoms with Gasteiger partial charge in [0.1, 0.15) is 23.7 Å². The minimum Gasteiger partial charge on any atom is -0.503 e. The van der Waals surface area contributed by atoms with Crippen molar-refractivity contribution in [1.82, 2.24) is 9.97 Å². The van der Waals surface area contributed by atoms with E-state index in [1.165, 1.54) is 18.2 Å². The number of carbonyl (C=O) groups excluding carboxylic acids is 1. The summed E-state index contributed by atoms with van der Waals surface area (Å²) in [7, 11) is 1.80. The van der Waals surface area contributed by atoms with Crippen molar-refractivity contribution in [3.63, 3.8) is 0 Å². The summed E-state index contributed by atoms with van der Waals surface area (Å²) < 4.78 is 38.3. The van der Waals surface area contributed by atoms with Gasteiger partial charge in [-0.1, -0.05) is 0 Å². The van der Waals surface area contributed by atoms with Crippen LogP contribution in [0.3, 0.4) is 0 Å². The first-order valence-electron chi connectivity index (χ1n) is 7.58. The molecule has 1 aromatic heterocycles. The lowest BCUT2D eigenvalue weighted by atomic mass is 10.2. The Morgan fingerprint density at radius 1 is 0.963 bits per heavy atom. The Kier molecular flexibility index (Phi) is 6.70. The third kappa shape index (κ3) is 5.70. The highest BCUT2D eigenvalue weighted by Crippen LogP contribution is 2.25. The van der Waals surface area contributed by atoms with Gasteiger partial charge in [-0.15, -0.1) is 0 Å². The molecule has 3 rings (SSSR count). The summed E-state index contributed by atoms with van der Waals surface area (Å²) in [6.07, 6.45) is 1.66. The van der Waals surface area contributed by atoms with Gasteiger partial charge in [0.05, 0.1) is 0 Å². The SMILES string of the molecule is CNc1ccc(F)cc1.O=Cc1cc(Nc2cc(F)c(O)c(F)c2)ncn1. The maximum Gasteiger partial charge on any atom is 0.187 e. The molecule has 0 saturated heterocycles. The molecule has 3 aromatic rings. The monoisotopic (exact) mass is 376 g/mol. The quantitative estimate of drug-likeness (QED) is 0.473. The number of aromatic hydroxyl groups is 1. The van der Waals surface area contributed by atoms with Crippen molar-refractivity contribution >= 4 is 23.5 Å². The molecule has 0 aliphatic rings. The van der Waals surface area contributed by atoms with Gasteiger partial charge in [-0.05, 0) is 24.3 Å². The average Bonchev–Trinajstić information content (AvgIpc) is 2.67. The zero-order chi connectivity index (χ0) is 19.8. The van der Waals surface area contributed by atoms with Crippen molar-refractivity contribution in [3.05, 3.63) is 71.9 Å². The van der Waals surface area contributed by atoms with Crippen LogP contribution in [0.25, 0.3) is 0 Å². The van der Waals surface area contributed by atoms with E-state index in [0.717, 1.165) is 24.1 Å². The van der Waals surface area contributed by atoms with E-state index in [1.54, 1.807) is 19.2 Å². The molecule has 0 unspecified atom stereocenters. The standard InChI is InChI=1S/C11H7F2N3O2.C7H8FN/c12-8-1-6(2-9(13)11(8)18)16-10-3-7(4-17)14-5-15-10;1-9-7-4-2-6(8)3-5-7/h1-5,18H,(H,14,15,16);2-5,9H,1H3. The fourth-order valence-electron chi connectivity index (χ4n) is 1.91. The largest absolute Gasteiger partial charge is 0.503 e. The number of hydrogen-bond acceptors (Lipinski definition) is 6. The minimum absolute atomic E-state index is 0.0540. The Bertz CT molecular complexity index is 898. The smallest absolute Gasteiger partial charge is 0.187 e. The van der Waals surface area contributed by atoms with Gasteiger partial charge >= 0.3 is 0 Å². The molecule has 0 bridgehead atoms. The first kappa shape index (κ1) is 19.7. The van der Waals surface area contributed by atoms with Crippen LogP contribution in [-0.4, -0.2) is 28.4 Å². The maximum absolute atomic E-state index is 13.1. The van der Waals surface area contributed by atoms with E-state index in [9.17, 15) is 18.0 Å². The van der Waals surface area contributed by atoms with E-state index in [2.05, 4.69) is 20.6 Å². The molecule has 140 valence electrons. The molecular formula is C18H15F3N4O2. The van der Waals surface area contributed by atoms with Crippen molar-refractivity contribution in [2.75, 3.05) is 17.7 Å². The number of halogens is 3. The number of nitrogens with one attached hydrogen (secondary N) is 2. The van der Waals surface area contributed by atoms with E-state index in [-0.39, 0.29) is 23.0 Å². The van der Waals surface area contributed by atoms with Crippen LogP contribution in [0.5, 0.6) is 5.75 Å². The van der Waals surface area contributed by atoms with Gasteiger partial charge in [0.15, 0.2) is 23.7 Å². The third-order valence-electron chi connectivity index (χ3n) is 3.23. The predicted octanol–water partition coefficient (Wildman–Crippen LogP) is 3.88. The molecule has 2 aromatic carbocycles. The van der Waals surface area contributed by atoms with Gasteiger partial charge in [0.25, 0.3) is 0 Å². The van der Waals surface area contributed by atoms with Crippen LogP contribution >= 0.6 is 0 Å². The molecule has 0 atom stereocenters. The number of benzene rings is 2. The Morgan fingerprint density at radius 2 is 1.59 bits per heavy atom. The van der Waals surface area contributed by atoms with Crippen molar-refractivity contribution < 1.29 is 23.1 Å². The van der Waals surface area contributed by atoms with Crippen LogP contribution in [0, 0.1) is 17.5 Å². The summed E-state index contributed by atoms with van der Waals surface area (Å²) >= 11 is 0. The number of phenolic OH excluding ortho intramolecular Hbond substituents is 1. The van der Waals surface area contributed by atoms with Gasteiger partial charge in [-0.25, -0.2) is 23.1 Å². The summed E-state index contributed by atoms with van der Waals surface area (Å²) in [4.78, 5) is 17.9. The number of aromatic nitrogens is 2. The van der Waals surface area contributed by atoms with Crippen LogP contribution in [0.2, 0.25) is 0 Å². The van der Waals surface area contributed by atoms with Gasteiger partial charge in [0.2, 0.25) is 0 Å². The van der Waals surface area contributed by atoms with E-state index < -0.39 is 17.4 Å². The Hall–Kier alpha value is -3.62. The molecule has 9 heteroatoms. The predicted molar refractivity (Wildman–Crippen MR) is 94.7 cm³/mol. The van der Waals surface area contributed by atoms with Gasteiger partial charge in [-0.2, -0.15) is 0 Å². The molecule has 0 radical (unpaired) electrons. The first-order valence-corrected chi connectivity index (χ1v) is 7.58. The summed E-state index contributed by atoms with van der Waals surface area (Å²) in [5.74, 6) is -3.23. The number of nitrogens with zero attached hydrogens (tertiary/aromatic N) is 2. The van der Waals surface area contributed by atoms with Crippen LogP contribution in [0.4, 0.5) is 30.4 Å². The molecule has 27 heavy (non-hydrogen) atoms. The third-order valence-corrected chi connectivity index (χ3v) is 3.23. The van der Waals surface area contributed by atoms with E-state index in [4.69, 9.17) is 5.11 Å². The highest BCUT2D eigenvalue weighted by molar-refractivity contribution is 5.73. The summed E-state index contributed by atoms with van der Waals surface area (Å²) in [5.41, 5.74) is 1.11. The molecular weight excluding hydrogens is 361 g/mol. The fraction of sp³-hybridized carbons (Fsp3) is 0.0556. The maximum atomic E-state index is 13.1. The van der Waals surface area contributed by atoms with Crippen LogP contribution in [-0.2, 0) is 0 Å². The van der Waals surface area contributed by atoms with Gasteiger partial charge < -0.3 is 15.7 Å². The highest BCUT2D eigenvalue weighted by Gasteiger charge is 2.10. The summed E-state index contributed by atoms with van der Waals surface area (Å²) in [5, 5.41) is 14.4. The van der Waals surface area contributed by atoms with Crippen molar-refractivity contribution in [3.8, 4) is 5.75 Å². The van der Waals surface area contributed by atoms with Crippen molar-refractivity contribution in [2.45, 2.75) is 0 Å². The first-order chi connectivity index (χ1) is 12.9. The molecule has 1 heterocycles. The number of hydrogen-bond donors (Lipinski definition) is 3. The molecule has 0 aliphatic heterocycles. The molecule has 0 saturated carbocycles. The number of carbonyl (C=O) groups is 1.